The Morgan fingerprint density at radius 2 is 1.23 bits per heavy atom. The summed E-state index contributed by atoms with van der Waals surface area (Å²) in [7, 11) is 0. The Morgan fingerprint density at radius 1 is 0.683 bits per heavy atom. The zero-order valence-corrected chi connectivity index (χ0v) is 33.9. The highest BCUT2D eigenvalue weighted by atomic mass is 16.5. The number of unbranched alkanes of at least 4 members (excludes halogenated alkanes) is 1. The van der Waals surface area contributed by atoms with Crippen molar-refractivity contribution in [1.82, 2.24) is 16.0 Å². The summed E-state index contributed by atoms with van der Waals surface area (Å²) >= 11 is 0. The van der Waals surface area contributed by atoms with Crippen molar-refractivity contribution in [3.05, 3.63) is 203 Å². The summed E-state index contributed by atoms with van der Waals surface area (Å²) in [5.74, 6) is -0.455. The van der Waals surface area contributed by atoms with Crippen LogP contribution >= 0.6 is 0 Å². The van der Waals surface area contributed by atoms with E-state index in [0.717, 1.165) is 40.7 Å². The van der Waals surface area contributed by atoms with Crippen LogP contribution in [0.1, 0.15) is 66.0 Å². The number of aromatic hydroxyl groups is 1. The van der Waals surface area contributed by atoms with Gasteiger partial charge in [0.15, 0.2) is 0 Å². The Hall–Kier alpha value is -7.00. The molecule has 0 unspecified atom stereocenters. The summed E-state index contributed by atoms with van der Waals surface area (Å²) in [4.78, 5) is 46.9. The minimum absolute atomic E-state index is 0.000825. The molecule has 0 aromatic heterocycles. The SMILES string of the molecule is CCCCNC(=O)[C@H](Cc1ccc(OCc2ccccc2)cc1)NC(=O)[C@H](CCC(=O)NC(c1ccccc1)(c1ccccc1)c1ccccc1)N=Cc1ccccc1O. The van der Waals surface area contributed by atoms with Crippen LogP contribution in [0, 0.1) is 0 Å². The quantitative estimate of drug-likeness (QED) is 0.0351. The smallest absolute Gasteiger partial charge is 0.245 e. The molecule has 0 heterocycles. The number of hydrogen-bond donors (Lipinski definition) is 4. The van der Waals surface area contributed by atoms with Gasteiger partial charge in [-0.1, -0.05) is 159 Å². The molecule has 4 N–H and O–H groups in total. The number of para-hydroxylation sites is 1. The van der Waals surface area contributed by atoms with Crippen molar-refractivity contribution in [2.24, 2.45) is 4.99 Å². The maximum Gasteiger partial charge on any atom is 0.245 e. The first-order valence-corrected chi connectivity index (χ1v) is 20.5. The second-order valence-electron chi connectivity index (χ2n) is 14.6. The predicted molar refractivity (Wildman–Crippen MR) is 237 cm³/mol. The van der Waals surface area contributed by atoms with Gasteiger partial charge in [0.05, 0.1) is 0 Å². The Labute approximate surface area is 352 Å². The number of nitrogens with one attached hydrogen (secondary N) is 3. The van der Waals surface area contributed by atoms with Crippen molar-refractivity contribution >= 4 is 23.9 Å². The van der Waals surface area contributed by atoms with Crippen LogP contribution in [0.2, 0.25) is 0 Å². The number of phenols is 1. The minimum Gasteiger partial charge on any atom is -0.507 e. The summed E-state index contributed by atoms with van der Waals surface area (Å²) < 4.78 is 5.97. The molecular weight excluding hydrogens is 749 g/mol. The molecular formula is C51H52N4O5. The molecule has 2 atom stereocenters. The van der Waals surface area contributed by atoms with Crippen molar-refractivity contribution in [2.45, 2.75) is 63.3 Å². The van der Waals surface area contributed by atoms with E-state index in [0.29, 0.717) is 24.5 Å². The molecule has 0 aliphatic rings. The van der Waals surface area contributed by atoms with Gasteiger partial charge in [-0.2, -0.15) is 0 Å². The zero-order chi connectivity index (χ0) is 42.0. The topological polar surface area (TPSA) is 129 Å². The molecule has 9 nitrogen and oxygen atoms in total. The molecule has 6 aromatic carbocycles. The maximum absolute atomic E-state index is 14.3. The van der Waals surface area contributed by atoms with Gasteiger partial charge >= 0.3 is 0 Å². The maximum atomic E-state index is 14.3. The van der Waals surface area contributed by atoms with Gasteiger partial charge in [-0.05, 0) is 64.9 Å². The molecule has 0 bridgehead atoms. The van der Waals surface area contributed by atoms with E-state index >= 15 is 0 Å². The van der Waals surface area contributed by atoms with Crippen LogP contribution in [-0.2, 0) is 33.0 Å². The van der Waals surface area contributed by atoms with Crippen molar-refractivity contribution < 1.29 is 24.2 Å². The third kappa shape index (κ3) is 11.6. The van der Waals surface area contributed by atoms with Gasteiger partial charge in [-0.25, -0.2) is 0 Å². The number of aliphatic imine (C=N–C) groups is 1. The molecule has 306 valence electrons. The molecule has 6 aromatic rings. The summed E-state index contributed by atoms with van der Waals surface area (Å²) in [6.07, 6.45) is 3.29. The Bertz CT molecular complexity index is 2190. The van der Waals surface area contributed by atoms with E-state index in [1.807, 2.05) is 153 Å². The molecule has 0 saturated heterocycles. The highest BCUT2D eigenvalue weighted by Crippen LogP contribution is 2.37. The third-order valence-corrected chi connectivity index (χ3v) is 10.3. The first-order chi connectivity index (χ1) is 29.4. The largest absolute Gasteiger partial charge is 0.507 e. The molecule has 60 heavy (non-hydrogen) atoms. The van der Waals surface area contributed by atoms with Crippen LogP contribution in [0.5, 0.6) is 11.5 Å². The Morgan fingerprint density at radius 3 is 1.80 bits per heavy atom. The highest BCUT2D eigenvalue weighted by Gasteiger charge is 2.38. The van der Waals surface area contributed by atoms with E-state index in [2.05, 4.69) is 20.9 Å². The van der Waals surface area contributed by atoms with Crippen molar-refractivity contribution in [2.75, 3.05) is 6.54 Å². The second-order valence-corrected chi connectivity index (χ2v) is 14.6. The number of nitrogens with zero attached hydrogens (tertiary/aromatic N) is 1. The average molecular weight is 801 g/mol. The number of ether oxygens (including phenoxy) is 1. The first kappa shape index (κ1) is 42.6. The van der Waals surface area contributed by atoms with E-state index in [4.69, 9.17) is 4.74 Å². The van der Waals surface area contributed by atoms with Crippen molar-refractivity contribution in [3.63, 3.8) is 0 Å². The van der Waals surface area contributed by atoms with Gasteiger partial charge in [0.1, 0.15) is 35.7 Å². The van der Waals surface area contributed by atoms with E-state index < -0.39 is 23.5 Å². The molecule has 0 aliphatic carbocycles. The van der Waals surface area contributed by atoms with E-state index in [1.165, 1.54) is 12.3 Å². The summed E-state index contributed by atoms with van der Waals surface area (Å²) in [5, 5.41) is 19.8. The lowest BCUT2D eigenvalue weighted by Crippen LogP contribution is -2.51. The van der Waals surface area contributed by atoms with E-state index in [1.54, 1.807) is 18.2 Å². The fourth-order valence-corrected chi connectivity index (χ4v) is 7.05. The van der Waals surface area contributed by atoms with Gasteiger partial charge in [0, 0.05) is 31.2 Å². The summed E-state index contributed by atoms with van der Waals surface area (Å²) in [5.41, 5.74) is 3.86. The van der Waals surface area contributed by atoms with Gasteiger partial charge in [0.2, 0.25) is 17.7 Å². The number of rotatable bonds is 20. The van der Waals surface area contributed by atoms with E-state index in [9.17, 15) is 19.5 Å². The van der Waals surface area contributed by atoms with E-state index in [-0.39, 0.29) is 36.8 Å². The summed E-state index contributed by atoms with van der Waals surface area (Å²) in [6, 6.07) is 51.4. The molecule has 0 saturated carbocycles. The van der Waals surface area contributed by atoms with Crippen LogP contribution in [0.25, 0.3) is 0 Å². The molecule has 0 aliphatic heterocycles. The lowest BCUT2D eigenvalue weighted by molar-refractivity contribution is -0.130. The molecule has 9 heteroatoms. The molecule has 0 fully saturated rings. The number of benzene rings is 6. The van der Waals surface area contributed by atoms with Crippen LogP contribution in [0.4, 0.5) is 0 Å². The fraction of sp³-hybridized carbons (Fsp3) is 0.216. The normalized spacial score (nSPS) is 12.3. The Balaban J connectivity index is 1.24. The number of phenolic OH excluding ortho intramolecular Hbond substituents is 1. The van der Waals surface area contributed by atoms with Crippen LogP contribution in [0.15, 0.2) is 175 Å². The molecule has 6 rings (SSSR count). The minimum atomic E-state index is -1.07. The van der Waals surface area contributed by atoms with Gasteiger partial charge in [-0.15, -0.1) is 0 Å². The van der Waals surface area contributed by atoms with Gasteiger partial charge in [0.25, 0.3) is 0 Å². The number of amides is 3. The molecule has 0 radical (unpaired) electrons. The average Bonchev–Trinajstić information content (AvgIpc) is 3.29. The standard InChI is InChI=1S/C51H52N4O5/c1-2-3-34-52-49(58)46(35-38-28-30-44(31-29-38)60-37-39-18-8-4-9-19-39)54-50(59)45(53-36-40-20-16-17-27-47(40)56)32-33-48(57)55-51(41-21-10-5-11-22-41,42-23-12-6-13-24-42)43-25-14-7-15-26-43/h4-31,36,45-46,56H,2-3,32-35,37H2,1H3,(H,52,58)(H,54,59)(H,55,57)/t45-,46-/m0/s1. The Kier molecular flexibility index (Phi) is 15.4. The second kappa shape index (κ2) is 21.7. The molecule has 3 amide bonds. The lowest BCUT2D eigenvalue weighted by Gasteiger charge is -2.37. The fourth-order valence-electron chi connectivity index (χ4n) is 7.05. The third-order valence-electron chi connectivity index (χ3n) is 10.3. The van der Waals surface area contributed by atoms with Gasteiger partial charge < -0.3 is 25.8 Å². The van der Waals surface area contributed by atoms with Crippen LogP contribution in [-0.4, -0.2) is 47.7 Å². The van der Waals surface area contributed by atoms with Crippen molar-refractivity contribution in [1.29, 1.82) is 0 Å². The highest BCUT2D eigenvalue weighted by molar-refractivity contribution is 5.92. The lowest BCUT2D eigenvalue weighted by atomic mass is 9.77. The number of hydrogen-bond acceptors (Lipinski definition) is 6. The van der Waals surface area contributed by atoms with Crippen LogP contribution in [0.3, 0.4) is 0 Å². The molecule has 0 spiro atoms. The monoisotopic (exact) mass is 800 g/mol. The van der Waals surface area contributed by atoms with Crippen LogP contribution < -0.4 is 20.7 Å². The van der Waals surface area contributed by atoms with Gasteiger partial charge in [-0.3, -0.25) is 19.4 Å². The zero-order valence-electron chi connectivity index (χ0n) is 33.9. The predicted octanol–water partition coefficient (Wildman–Crippen LogP) is 8.29. The number of carbonyl (C=O) groups excluding carboxylic acids is 3. The summed E-state index contributed by atoms with van der Waals surface area (Å²) in [6.45, 7) is 2.93. The van der Waals surface area contributed by atoms with Crippen molar-refractivity contribution in [3.8, 4) is 11.5 Å². The first-order valence-electron chi connectivity index (χ1n) is 20.5. The number of carbonyl (C=O) groups is 3.